The van der Waals surface area contributed by atoms with Crippen LogP contribution in [-0.4, -0.2) is 18.5 Å². The van der Waals surface area contributed by atoms with Crippen molar-refractivity contribution in [3.05, 3.63) is 0 Å². The highest BCUT2D eigenvalue weighted by Gasteiger charge is 2.34. The van der Waals surface area contributed by atoms with Crippen LogP contribution in [0.1, 0.15) is 27.2 Å². The summed E-state index contributed by atoms with van der Waals surface area (Å²) in [5.74, 6) is 0.344. The first-order valence-electron chi connectivity index (χ1n) is 4.44. The Labute approximate surface area is 73.7 Å². The minimum Gasteiger partial charge on any atom is -0.368 e. The van der Waals surface area contributed by atoms with Crippen LogP contribution >= 0.6 is 0 Å². The van der Waals surface area contributed by atoms with Crippen molar-refractivity contribution in [2.75, 3.05) is 6.54 Å². The second-order valence-corrected chi connectivity index (χ2v) is 4.66. The number of amides is 1. The Morgan fingerprint density at radius 3 is 2.33 bits per heavy atom. The molecular weight excluding hydrogens is 152 g/mol. The predicted octanol–water partition coefficient (Wildman–Crippen LogP) is 0.496. The third-order valence-electron chi connectivity index (χ3n) is 2.70. The van der Waals surface area contributed by atoms with Gasteiger partial charge in [-0.3, -0.25) is 4.79 Å². The molecule has 0 spiro atoms. The first-order chi connectivity index (χ1) is 5.41. The third kappa shape index (κ3) is 1.97. The zero-order chi connectivity index (χ0) is 9.35. The van der Waals surface area contributed by atoms with Crippen molar-refractivity contribution in [3.63, 3.8) is 0 Å². The number of hydrogen-bond donors (Lipinski definition) is 2. The summed E-state index contributed by atoms with van der Waals surface area (Å²) in [5, 5.41) is 3.14. The Balaban J connectivity index is 2.51. The van der Waals surface area contributed by atoms with Crippen LogP contribution in [0, 0.1) is 11.3 Å². The molecule has 0 unspecified atom stereocenters. The molecule has 12 heavy (non-hydrogen) atoms. The van der Waals surface area contributed by atoms with Crippen molar-refractivity contribution in [2.24, 2.45) is 17.1 Å². The molecule has 1 rings (SSSR count). The van der Waals surface area contributed by atoms with E-state index in [-0.39, 0.29) is 17.4 Å². The molecule has 3 N–H and O–H groups in total. The summed E-state index contributed by atoms with van der Waals surface area (Å²) in [6.45, 7) is 7.51. The van der Waals surface area contributed by atoms with Crippen molar-refractivity contribution in [3.8, 4) is 0 Å². The molecule has 0 saturated carbocycles. The van der Waals surface area contributed by atoms with Crippen LogP contribution in [0.4, 0.5) is 0 Å². The maximum atomic E-state index is 10.8. The molecule has 1 heterocycles. The zero-order valence-electron chi connectivity index (χ0n) is 8.05. The average Bonchev–Trinajstić information content (AvgIpc) is 2.30. The van der Waals surface area contributed by atoms with Gasteiger partial charge in [-0.15, -0.1) is 0 Å². The second kappa shape index (κ2) is 3.05. The first-order valence-corrected chi connectivity index (χ1v) is 4.44. The summed E-state index contributed by atoms with van der Waals surface area (Å²) in [5.41, 5.74) is 5.48. The number of rotatable bonds is 1. The highest BCUT2D eigenvalue weighted by Crippen LogP contribution is 2.32. The van der Waals surface area contributed by atoms with Gasteiger partial charge in [-0.2, -0.15) is 0 Å². The quantitative estimate of drug-likeness (QED) is 0.602. The Morgan fingerprint density at radius 1 is 1.50 bits per heavy atom. The van der Waals surface area contributed by atoms with E-state index in [1.54, 1.807) is 0 Å². The molecule has 1 aliphatic rings. The number of nitrogens with one attached hydrogen (secondary N) is 1. The molecule has 0 radical (unpaired) electrons. The molecular formula is C9H18N2O. The van der Waals surface area contributed by atoms with Crippen molar-refractivity contribution in [2.45, 2.75) is 33.2 Å². The fourth-order valence-electron chi connectivity index (χ4n) is 1.61. The highest BCUT2D eigenvalue weighted by atomic mass is 16.1. The molecule has 2 atom stereocenters. The van der Waals surface area contributed by atoms with E-state index in [4.69, 9.17) is 5.73 Å². The second-order valence-electron chi connectivity index (χ2n) is 4.66. The molecule has 0 aromatic rings. The van der Waals surface area contributed by atoms with Crippen molar-refractivity contribution < 1.29 is 4.79 Å². The summed E-state index contributed by atoms with van der Waals surface area (Å²) in [6.07, 6.45) is 0.888. The summed E-state index contributed by atoms with van der Waals surface area (Å²) >= 11 is 0. The minimum atomic E-state index is -0.221. The van der Waals surface area contributed by atoms with Gasteiger partial charge >= 0.3 is 0 Å². The maximum Gasteiger partial charge on any atom is 0.234 e. The third-order valence-corrected chi connectivity index (χ3v) is 2.70. The van der Waals surface area contributed by atoms with Crippen LogP contribution in [0.3, 0.4) is 0 Å². The molecule has 0 aliphatic carbocycles. The fraction of sp³-hybridized carbons (Fsp3) is 0.889. The van der Waals surface area contributed by atoms with Gasteiger partial charge in [-0.05, 0) is 24.3 Å². The lowest BCUT2D eigenvalue weighted by Gasteiger charge is -2.25. The predicted molar refractivity (Wildman–Crippen MR) is 48.5 cm³/mol. The van der Waals surface area contributed by atoms with Gasteiger partial charge in [0.05, 0.1) is 6.04 Å². The minimum absolute atomic E-state index is 0.103. The number of carbonyl (C=O) groups excluding carboxylic acids is 1. The SMILES string of the molecule is CC(C)(C)[C@@H]1CN[C@@H](C(N)=O)C1. The van der Waals surface area contributed by atoms with E-state index in [0.717, 1.165) is 13.0 Å². The Kier molecular flexibility index (Phi) is 2.42. The van der Waals surface area contributed by atoms with Gasteiger partial charge in [0.2, 0.25) is 5.91 Å². The molecule has 3 nitrogen and oxygen atoms in total. The molecule has 1 amide bonds. The molecule has 70 valence electrons. The van der Waals surface area contributed by atoms with Crippen LogP contribution in [0.2, 0.25) is 0 Å². The smallest absolute Gasteiger partial charge is 0.234 e. The highest BCUT2D eigenvalue weighted by molar-refractivity contribution is 5.80. The fourth-order valence-corrected chi connectivity index (χ4v) is 1.61. The van der Waals surface area contributed by atoms with Crippen LogP contribution in [-0.2, 0) is 4.79 Å². The summed E-state index contributed by atoms with van der Waals surface area (Å²) < 4.78 is 0. The lowest BCUT2D eigenvalue weighted by molar-refractivity contribution is -0.119. The van der Waals surface area contributed by atoms with Gasteiger partial charge in [0.25, 0.3) is 0 Å². The molecule has 3 heteroatoms. The van der Waals surface area contributed by atoms with E-state index in [2.05, 4.69) is 26.1 Å². The van der Waals surface area contributed by atoms with Gasteiger partial charge in [0.15, 0.2) is 0 Å². The lowest BCUT2D eigenvalue weighted by atomic mass is 9.79. The van der Waals surface area contributed by atoms with Crippen molar-refractivity contribution in [1.82, 2.24) is 5.32 Å². The van der Waals surface area contributed by atoms with Crippen molar-refractivity contribution in [1.29, 1.82) is 0 Å². The van der Waals surface area contributed by atoms with Crippen LogP contribution in [0.15, 0.2) is 0 Å². The Morgan fingerprint density at radius 2 is 2.08 bits per heavy atom. The van der Waals surface area contributed by atoms with Crippen molar-refractivity contribution >= 4 is 5.91 Å². The number of carbonyl (C=O) groups is 1. The Bertz CT molecular complexity index is 183. The van der Waals surface area contributed by atoms with Gasteiger partial charge in [-0.25, -0.2) is 0 Å². The van der Waals surface area contributed by atoms with Gasteiger partial charge in [-0.1, -0.05) is 20.8 Å². The lowest BCUT2D eigenvalue weighted by Crippen LogP contribution is -2.36. The van der Waals surface area contributed by atoms with Crippen LogP contribution < -0.4 is 11.1 Å². The molecule has 0 aromatic heterocycles. The maximum absolute atomic E-state index is 10.8. The Hall–Kier alpha value is -0.570. The van der Waals surface area contributed by atoms with E-state index in [0.29, 0.717) is 5.92 Å². The molecule has 1 fully saturated rings. The number of hydrogen-bond acceptors (Lipinski definition) is 2. The number of primary amides is 1. The molecule has 0 aromatic carbocycles. The van der Waals surface area contributed by atoms with Gasteiger partial charge < -0.3 is 11.1 Å². The summed E-state index contributed by atoms with van der Waals surface area (Å²) in [4.78, 5) is 10.8. The first kappa shape index (κ1) is 9.52. The van der Waals surface area contributed by atoms with Crippen LogP contribution in [0.25, 0.3) is 0 Å². The van der Waals surface area contributed by atoms with E-state index in [1.807, 2.05) is 0 Å². The van der Waals surface area contributed by atoms with Crippen LogP contribution in [0.5, 0.6) is 0 Å². The topological polar surface area (TPSA) is 55.1 Å². The molecule has 1 aliphatic heterocycles. The summed E-state index contributed by atoms with van der Waals surface area (Å²) in [7, 11) is 0. The van der Waals surface area contributed by atoms with E-state index < -0.39 is 0 Å². The average molecular weight is 170 g/mol. The normalized spacial score (nSPS) is 30.6. The van der Waals surface area contributed by atoms with E-state index >= 15 is 0 Å². The standard InChI is InChI=1S/C9H18N2O/c1-9(2,3)6-4-7(8(10)12)11-5-6/h6-7,11H,4-5H2,1-3H3,(H2,10,12)/t6-,7+/m0/s1. The van der Waals surface area contributed by atoms with Gasteiger partial charge in [0.1, 0.15) is 0 Å². The number of nitrogens with two attached hydrogens (primary N) is 1. The molecule has 1 saturated heterocycles. The monoisotopic (exact) mass is 170 g/mol. The van der Waals surface area contributed by atoms with Gasteiger partial charge in [0, 0.05) is 0 Å². The van der Waals surface area contributed by atoms with E-state index in [1.165, 1.54) is 0 Å². The van der Waals surface area contributed by atoms with E-state index in [9.17, 15) is 4.79 Å². The molecule has 0 bridgehead atoms. The summed E-state index contributed by atoms with van der Waals surface area (Å²) in [6, 6.07) is -0.103. The zero-order valence-corrected chi connectivity index (χ0v) is 8.05. The largest absolute Gasteiger partial charge is 0.368 e.